The Balaban J connectivity index is 1.29. The van der Waals surface area contributed by atoms with Crippen LogP contribution in [0, 0.1) is 12.8 Å². The molecular weight excluding hydrogens is 500 g/mol. The molecule has 4 heterocycles. The van der Waals surface area contributed by atoms with Crippen LogP contribution in [0.3, 0.4) is 0 Å². The Morgan fingerprint density at radius 2 is 1.82 bits per heavy atom. The zero-order valence-electron chi connectivity index (χ0n) is 22.2. The molecule has 1 saturated heterocycles. The van der Waals surface area contributed by atoms with E-state index in [-0.39, 0.29) is 6.42 Å². The average molecular weight is 533 g/mol. The Bertz CT molecular complexity index is 1450. The van der Waals surface area contributed by atoms with Crippen molar-refractivity contribution >= 4 is 28.4 Å². The first-order valence-electron chi connectivity index (χ1n) is 12.8. The standard InChI is InChI=1S/C28H32N6O5/c1-17-4-5-24(39-17)23-12-21(20-11-25(37-2)26(38-3)13-22(20)32-23)29-14-18-6-8-34(9-7-18)28-30-15-19(16-31-28)10-27(35)33-36/h4-5,11-13,15-16,18,36H,6-10,14H2,1-3H3,(H,29,32)(H,33,35). The highest BCUT2D eigenvalue weighted by atomic mass is 16.5. The third-order valence-electron chi connectivity index (χ3n) is 6.97. The zero-order chi connectivity index (χ0) is 27.4. The second-order valence-electron chi connectivity index (χ2n) is 9.60. The van der Waals surface area contributed by atoms with Crippen molar-refractivity contribution in [2.45, 2.75) is 26.2 Å². The van der Waals surface area contributed by atoms with Crippen molar-refractivity contribution in [3.05, 3.63) is 54.0 Å². The SMILES string of the molecule is COc1cc2nc(-c3ccc(C)o3)cc(NCC3CCN(c4ncc(CC(=O)NO)cn4)CC3)c2cc1OC. The van der Waals surface area contributed by atoms with Gasteiger partial charge in [-0.3, -0.25) is 10.0 Å². The monoisotopic (exact) mass is 532 g/mol. The molecule has 0 aliphatic carbocycles. The Labute approximate surface area is 226 Å². The van der Waals surface area contributed by atoms with Crippen LogP contribution in [0.2, 0.25) is 0 Å². The van der Waals surface area contributed by atoms with Crippen LogP contribution in [-0.2, 0) is 11.2 Å². The highest BCUT2D eigenvalue weighted by molar-refractivity contribution is 5.95. The maximum Gasteiger partial charge on any atom is 0.247 e. The number of hydrogen-bond donors (Lipinski definition) is 3. The van der Waals surface area contributed by atoms with Gasteiger partial charge in [-0.2, -0.15) is 0 Å². The molecule has 11 nitrogen and oxygen atoms in total. The van der Waals surface area contributed by atoms with Gasteiger partial charge >= 0.3 is 0 Å². The van der Waals surface area contributed by atoms with Crippen LogP contribution in [-0.4, -0.2) is 59.9 Å². The molecule has 0 atom stereocenters. The number of piperidine rings is 1. The molecule has 0 unspecified atom stereocenters. The number of carbonyl (C=O) groups excluding carboxylic acids is 1. The minimum absolute atomic E-state index is 0.0358. The van der Waals surface area contributed by atoms with Crippen molar-refractivity contribution in [1.29, 1.82) is 0 Å². The van der Waals surface area contributed by atoms with Crippen molar-refractivity contribution in [3.8, 4) is 23.0 Å². The van der Waals surface area contributed by atoms with Gasteiger partial charge in [-0.15, -0.1) is 0 Å². The fraction of sp³-hybridized carbons (Fsp3) is 0.357. The first-order chi connectivity index (χ1) is 19.0. The molecule has 0 saturated carbocycles. The number of nitrogens with one attached hydrogen (secondary N) is 2. The van der Waals surface area contributed by atoms with Gasteiger partial charge in [0.15, 0.2) is 17.3 Å². The third kappa shape index (κ3) is 5.88. The lowest BCUT2D eigenvalue weighted by atomic mass is 9.96. The van der Waals surface area contributed by atoms with E-state index in [4.69, 9.17) is 24.1 Å². The lowest BCUT2D eigenvalue weighted by Gasteiger charge is -2.32. The Morgan fingerprint density at radius 1 is 1.10 bits per heavy atom. The molecule has 1 aromatic carbocycles. The summed E-state index contributed by atoms with van der Waals surface area (Å²) in [5.74, 6) is 3.42. The quantitative estimate of drug-likeness (QED) is 0.214. The summed E-state index contributed by atoms with van der Waals surface area (Å²) >= 11 is 0. The van der Waals surface area contributed by atoms with Crippen LogP contribution in [0.4, 0.5) is 11.6 Å². The second-order valence-corrected chi connectivity index (χ2v) is 9.60. The molecule has 1 aliphatic heterocycles. The van der Waals surface area contributed by atoms with Gasteiger partial charge in [0.2, 0.25) is 11.9 Å². The number of methoxy groups -OCH3 is 2. The number of fused-ring (bicyclic) bond motifs is 1. The van der Waals surface area contributed by atoms with Crippen LogP contribution in [0.15, 0.2) is 47.1 Å². The number of ether oxygens (including phenoxy) is 2. The summed E-state index contributed by atoms with van der Waals surface area (Å²) < 4.78 is 16.9. The zero-order valence-corrected chi connectivity index (χ0v) is 22.2. The molecule has 1 fully saturated rings. The number of hydroxylamine groups is 1. The Hall–Kier alpha value is -4.38. The van der Waals surface area contributed by atoms with E-state index in [9.17, 15) is 4.79 Å². The number of aromatic nitrogens is 3. The van der Waals surface area contributed by atoms with E-state index < -0.39 is 5.91 Å². The fourth-order valence-corrected chi connectivity index (χ4v) is 4.82. The molecular formula is C28H32N6O5. The maximum absolute atomic E-state index is 11.3. The molecule has 1 amide bonds. The molecule has 3 N–H and O–H groups in total. The number of furan rings is 1. The smallest absolute Gasteiger partial charge is 0.247 e. The van der Waals surface area contributed by atoms with Gasteiger partial charge in [0.05, 0.1) is 26.2 Å². The van der Waals surface area contributed by atoms with Crippen LogP contribution in [0.25, 0.3) is 22.4 Å². The molecule has 5 rings (SSSR count). The van der Waals surface area contributed by atoms with Gasteiger partial charge in [-0.1, -0.05) is 0 Å². The van der Waals surface area contributed by atoms with Gasteiger partial charge < -0.3 is 24.1 Å². The van der Waals surface area contributed by atoms with Gasteiger partial charge in [0, 0.05) is 49.2 Å². The number of rotatable bonds is 9. The predicted octanol–water partition coefficient (Wildman–Crippen LogP) is 3.99. The number of hydrogen-bond acceptors (Lipinski definition) is 10. The van der Waals surface area contributed by atoms with Crippen LogP contribution in [0.1, 0.15) is 24.2 Å². The lowest BCUT2D eigenvalue weighted by molar-refractivity contribution is -0.128. The molecule has 4 aromatic rings. The van der Waals surface area contributed by atoms with Crippen molar-refractivity contribution < 1.29 is 23.9 Å². The Kier molecular flexibility index (Phi) is 7.78. The summed E-state index contributed by atoms with van der Waals surface area (Å²) in [7, 11) is 3.24. The number of amides is 1. The van der Waals surface area contributed by atoms with Crippen molar-refractivity contribution in [3.63, 3.8) is 0 Å². The van der Waals surface area contributed by atoms with E-state index in [1.54, 1.807) is 32.1 Å². The number of carbonyl (C=O) groups is 1. The number of nitrogens with zero attached hydrogens (tertiary/aromatic N) is 4. The number of anilines is 2. The highest BCUT2D eigenvalue weighted by Crippen LogP contribution is 2.37. The molecule has 204 valence electrons. The van der Waals surface area contributed by atoms with E-state index in [0.717, 1.165) is 60.5 Å². The van der Waals surface area contributed by atoms with Crippen LogP contribution in [0.5, 0.6) is 11.5 Å². The van der Waals surface area contributed by atoms with Crippen LogP contribution >= 0.6 is 0 Å². The predicted molar refractivity (Wildman–Crippen MR) is 146 cm³/mol. The molecule has 0 spiro atoms. The average Bonchev–Trinajstić information content (AvgIpc) is 3.41. The van der Waals surface area contributed by atoms with Crippen molar-refractivity contribution in [2.24, 2.45) is 5.92 Å². The summed E-state index contributed by atoms with van der Waals surface area (Å²) in [5.41, 5.74) is 4.76. The number of benzene rings is 1. The van der Waals surface area contributed by atoms with E-state index in [1.165, 1.54) is 0 Å². The van der Waals surface area contributed by atoms with Gasteiger partial charge in [-0.05, 0) is 55.5 Å². The maximum atomic E-state index is 11.3. The Morgan fingerprint density at radius 3 is 2.46 bits per heavy atom. The van der Waals surface area contributed by atoms with Crippen LogP contribution < -0.4 is 25.2 Å². The minimum atomic E-state index is -0.495. The summed E-state index contributed by atoms with van der Waals surface area (Å²) in [6.45, 7) is 4.39. The first-order valence-corrected chi connectivity index (χ1v) is 12.8. The van der Waals surface area contributed by atoms with Gasteiger partial charge in [0.25, 0.3) is 0 Å². The number of aryl methyl sites for hydroxylation is 1. The number of pyridine rings is 1. The molecule has 39 heavy (non-hydrogen) atoms. The van der Waals surface area contributed by atoms with Crippen molar-refractivity contribution in [2.75, 3.05) is 44.1 Å². The van der Waals surface area contributed by atoms with E-state index in [2.05, 4.69) is 20.2 Å². The summed E-state index contributed by atoms with van der Waals surface area (Å²) in [4.78, 5) is 27.2. The summed E-state index contributed by atoms with van der Waals surface area (Å²) in [6.07, 6.45) is 5.25. The highest BCUT2D eigenvalue weighted by Gasteiger charge is 2.22. The van der Waals surface area contributed by atoms with E-state index >= 15 is 0 Å². The molecule has 11 heteroatoms. The van der Waals surface area contributed by atoms with E-state index in [1.807, 2.05) is 37.3 Å². The van der Waals surface area contributed by atoms with Crippen molar-refractivity contribution in [1.82, 2.24) is 20.4 Å². The van der Waals surface area contributed by atoms with Gasteiger partial charge in [-0.25, -0.2) is 20.4 Å². The molecule has 0 bridgehead atoms. The lowest BCUT2D eigenvalue weighted by Crippen LogP contribution is -2.36. The first kappa shape index (κ1) is 26.2. The molecule has 1 aliphatic rings. The van der Waals surface area contributed by atoms with E-state index in [0.29, 0.717) is 34.7 Å². The molecule has 0 radical (unpaired) electrons. The largest absolute Gasteiger partial charge is 0.493 e. The summed E-state index contributed by atoms with van der Waals surface area (Å²) in [6, 6.07) is 9.72. The molecule has 3 aromatic heterocycles. The summed E-state index contributed by atoms with van der Waals surface area (Å²) in [5, 5.41) is 13.3. The second kappa shape index (κ2) is 11.6. The normalized spacial score (nSPS) is 13.9. The fourth-order valence-electron chi connectivity index (χ4n) is 4.82. The third-order valence-corrected chi connectivity index (χ3v) is 6.97. The van der Waals surface area contributed by atoms with Gasteiger partial charge in [0.1, 0.15) is 11.5 Å². The topological polar surface area (TPSA) is 135 Å². The minimum Gasteiger partial charge on any atom is -0.493 e.